The maximum Gasteiger partial charge on any atom is 0.293 e. The molecule has 3 amide bonds. The third kappa shape index (κ3) is 5.00. The van der Waals surface area contributed by atoms with Gasteiger partial charge in [-0.05, 0) is 47.7 Å². The van der Waals surface area contributed by atoms with Crippen LogP contribution in [0, 0.1) is 0 Å². The smallest absolute Gasteiger partial charge is 0.293 e. The van der Waals surface area contributed by atoms with Gasteiger partial charge in [0.15, 0.2) is 11.5 Å². The van der Waals surface area contributed by atoms with Crippen LogP contribution in [0.25, 0.3) is 6.08 Å². The number of hydrogen-bond donors (Lipinski definition) is 1. The Morgan fingerprint density at radius 3 is 2.26 bits per heavy atom. The molecule has 1 saturated heterocycles. The molecule has 0 aromatic heterocycles. The summed E-state index contributed by atoms with van der Waals surface area (Å²) in [5, 5.41) is 2.32. The molecule has 0 unspecified atom stereocenters. The van der Waals surface area contributed by atoms with Crippen molar-refractivity contribution in [1.82, 2.24) is 10.2 Å². The summed E-state index contributed by atoms with van der Waals surface area (Å²) in [6.07, 6.45) is 1.60. The van der Waals surface area contributed by atoms with Gasteiger partial charge in [0.05, 0.1) is 26.2 Å². The van der Waals surface area contributed by atoms with E-state index in [1.807, 2.05) is 6.07 Å². The molecule has 0 aliphatic carbocycles. The summed E-state index contributed by atoms with van der Waals surface area (Å²) in [7, 11) is 4.50. The number of imide groups is 1. The second-order valence-corrected chi connectivity index (χ2v) is 7.41. The quantitative estimate of drug-likeness (QED) is 0.628. The first-order chi connectivity index (χ1) is 15.0. The highest BCUT2D eigenvalue weighted by Crippen LogP contribution is 2.40. The van der Waals surface area contributed by atoms with E-state index in [4.69, 9.17) is 14.2 Å². The number of hydrogen-bond acceptors (Lipinski definition) is 7. The lowest BCUT2D eigenvalue weighted by molar-refractivity contribution is -0.122. The Kier molecular flexibility index (Phi) is 7.19. The number of nitrogens with zero attached hydrogens (tertiary/aromatic N) is 1. The highest BCUT2D eigenvalue weighted by atomic mass is 32.2. The van der Waals surface area contributed by atoms with Gasteiger partial charge >= 0.3 is 0 Å². The van der Waals surface area contributed by atoms with Crippen LogP contribution in [0.2, 0.25) is 0 Å². The van der Waals surface area contributed by atoms with E-state index >= 15 is 0 Å². The Labute approximate surface area is 184 Å². The fraction of sp³-hybridized carbons (Fsp3) is 0.227. The normalized spacial score (nSPS) is 14.7. The summed E-state index contributed by atoms with van der Waals surface area (Å²) in [5.74, 6) is 0.634. The molecule has 1 aliphatic heterocycles. The van der Waals surface area contributed by atoms with Gasteiger partial charge < -0.3 is 19.5 Å². The number of ether oxygens (including phenoxy) is 3. The number of methoxy groups -OCH3 is 3. The van der Waals surface area contributed by atoms with Gasteiger partial charge in [0.1, 0.15) is 0 Å². The van der Waals surface area contributed by atoms with E-state index in [0.29, 0.717) is 28.4 Å². The van der Waals surface area contributed by atoms with Crippen LogP contribution in [-0.4, -0.2) is 56.4 Å². The average molecular weight is 442 g/mol. The highest BCUT2D eigenvalue weighted by Gasteiger charge is 2.34. The van der Waals surface area contributed by atoms with E-state index in [2.05, 4.69) is 5.32 Å². The van der Waals surface area contributed by atoms with Crippen LogP contribution in [0.4, 0.5) is 4.79 Å². The van der Waals surface area contributed by atoms with Crippen molar-refractivity contribution in [3.05, 3.63) is 58.5 Å². The van der Waals surface area contributed by atoms with Gasteiger partial charge in [-0.3, -0.25) is 19.3 Å². The predicted molar refractivity (Wildman–Crippen MR) is 118 cm³/mol. The molecule has 2 aromatic rings. The molecule has 0 bridgehead atoms. The van der Waals surface area contributed by atoms with Gasteiger partial charge in [-0.15, -0.1) is 0 Å². The van der Waals surface area contributed by atoms with Crippen molar-refractivity contribution in [2.24, 2.45) is 0 Å². The molecular weight excluding hydrogens is 420 g/mol. The van der Waals surface area contributed by atoms with Crippen molar-refractivity contribution in [3.63, 3.8) is 0 Å². The summed E-state index contributed by atoms with van der Waals surface area (Å²) in [4.78, 5) is 38.5. The van der Waals surface area contributed by atoms with E-state index in [-0.39, 0.29) is 23.9 Å². The SMILES string of the molecule is COc1cc(/C=C2\SC(=O)N(CCNC(=O)c3ccccc3)C2=O)cc(OC)c1OC. The second kappa shape index (κ2) is 10.0. The number of amides is 3. The largest absolute Gasteiger partial charge is 0.493 e. The average Bonchev–Trinajstić information content (AvgIpc) is 3.06. The molecule has 0 radical (unpaired) electrons. The lowest BCUT2D eigenvalue weighted by Crippen LogP contribution is -2.37. The monoisotopic (exact) mass is 442 g/mol. The Hall–Kier alpha value is -3.46. The van der Waals surface area contributed by atoms with Crippen molar-refractivity contribution >= 4 is 34.9 Å². The van der Waals surface area contributed by atoms with Crippen LogP contribution in [0.5, 0.6) is 17.2 Å². The fourth-order valence-corrected chi connectivity index (χ4v) is 3.87. The maximum absolute atomic E-state index is 12.7. The first-order valence-electron chi connectivity index (χ1n) is 9.37. The Morgan fingerprint density at radius 1 is 1.03 bits per heavy atom. The number of nitrogens with one attached hydrogen (secondary N) is 1. The molecule has 31 heavy (non-hydrogen) atoms. The van der Waals surface area contributed by atoms with Gasteiger partial charge in [-0.25, -0.2) is 0 Å². The van der Waals surface area contributed by atoms with Crippen LogP contribution in [-0.2, 0) is 4.79 Å². The van der Waals surface area contributed by atoms with Crippen LogP contribution >= 0.6 is 11.8 Å². The number of thioether (sulfide) groups is 1. The topological polar surface area (TPSA) is 94.2 Å². The molecule has 1 fully saturated rings. The summed E-state index contributed by atoms with van der Waals surface area (Å²) in [6, 6.07) is 12.1. The lowest BCUT2D eigenvalue weighted by atomic mass is 10.1. The molecule has 1 aliphatic rings. The first-order valence-corrected chi connectivity index (χ1v) is 10.2. The zero-order valence-electron chi connectivity index (χ0n) is 17.3. The number of rotatable bonds is 8. The van der Waals surface area contributed by atoms with Crippen LogP contribution in [0.1, 0.15) is 15.9 Å². The molecule has 1 heterocycles. The second-order valence-electron chi connectivity index (χ2n) is 6.41. The number of carbonyl (C=O) groups excluding carboxylic acids is 3. The van der Waals surface area contributed by atoms with Gasteiger partial charge in [-0.1, -0.05) is 18.2 Å². The predicted octanol–water partition coefficient (Wildman–Crippen LogP) is 3.18. The van der Waals surface area contributed by atoms with Crippen LogP contribution in [0.3, 0.4) is 0 Å². The molecule has 1 N–H and O–H groups in total. The van der Waals surface area contributed by atoms with E-state index in [9.17, 15) is 14.4 Å². The summed E-state index contributed by atoms with van der Waals surface area (Å²) in [5.41, 5.74) is 1.14. The fourth-order valence-electron chi connectivity index (χ4n) is 3.00. The Morgan fingerprint density at radius 2 is 1.68 bits per heavy atom. The minimum atomic E-state index is -0.419. The molecule has 0 spiro atoms. The Bertz CT molecular complexity index is 997. The van der Waals surface area contributed by atoms with Gasteiger partial charge in [0, 0.05) is 18.7 Å². The maximum atomic E-state index is 12.7. The highest BCUT2D eigenvalue weighted by molar-refractivity contribution is 8.18. The summed E-state index contributed by atoms with van der Waals surface area (Å²) < 4.78 is 15.9. The van der Waals surface area contributed by atoms with Crippen molar-refractivity contribution in [2.75, 3.05) is 34.4 Å². The first kappa shape index (κ1) is 22.2. The summed E-state index contributed by atoms with van der Waals surface area (Å²) >= 11 is 0.842. The number of carbonyl (C=O) groups is 3. The van der Waals surface area contributed by atoms with Crippen molar-refractivity contribution in [3.8, 4) is 17.2 Å². The van der Waals surface area contributed by atoms with E-state index < -0.39 is 11.1 Å². The number of benzene rings is 2. The van der Waals surface area contributed by atoms with Crippen molar-refractivity contribution in [1.29, 1.82) is 0 Å². The molecule has 0 atom stereocenters. The zero-order chi connectivity index (χ0) is 22.4. The van der Waals surface area contributed by atoms with Gasteiger partial charge in [-0.2, -0.15) is 0 Å². The lowest BCUT2D eigenvalue weighted by Gasteiger charge is -2.13. The minimum absolute atomic E-state index is 0.0792. The van der Waals surface area contributed by atoms with Crippen molar-refractivity contribution in [2.45, 2.75) is 0 Å². The third-order valence-electron chi connectivity index (χ3n) is 4.52. The van der Waals surface area contributed by atoms with Gasteiger partial charge in [0.25, 0.3) is 17.1 Å². The van der Waals surface area contributed by atoms with E-state index in [1.165, 1.54) is 21.3 Å². The molecule has 162 valence electrons. The van der Waals surface area contributed by atoms with Crippen LogP contribution < -0.4 is 19.5 Å². The van der Waals surface area contributed by atoms with Crippen molar-refractivity contribution < 1.29 is 28.6 Å². The summed E-state index contributed by atoms with van der Waals surface area (Å²) in [6.45, 7) is 0.235. The Balaban J connectivity index is 1.70. The molecule has 3 rings (SSSR count). The van der Waals surface area contributed by atoms with Gasteiger partial charge in [0.2, 0.25) is 5.75 Å². The minimum Gasteiger partial charge on any atom is -0.493 e. The molecular formula is C22H22N2O6S. The molecule has 8 nitrogen and oxygen atoms in total. The standard InChI is InChI=1S/C22H22N2O6S/c1-28-16-11-14(12-17(29-2)19(16)30-3)13-18-21(26)24(22(27)31-18)10-9-23-20(25)15-7-5-4-6-8-15/h4-8,11-13H,9-10H2,1-3H3,(H,23,25)/b18-13-. The van der Waals surface area contributed by atoms with E-state index in [0.717, 1.165) is 16.7 Å². The van der Waals surface area contributed by atoms with Crippen LogP contribution in [0.15, 0.2) is 47.4 Å². The molecule has 0 saturated carbocycles. The third-order valence-corrected chi connectivity index (χ3v) is 5.42. The molecule has 2 aromatic carbocycles. The zero-order valence-corrected chi connectivity index (χ0v) is 18.2. The molecule has 9 heteroatoms. The van der Waals surface area contributed by atoms with E-state index in [1.54, 1.807) is 42.5 Å².